The zero-order chi connectivity index (χ0) is 12.3. The first-order valence-electron chi connectivity index (χ1n) is 4.58. The molecule has 0 heterocycles. The van der Waals surface area contributed by atoms with E-state index in [1.54, 1.807) is 6.07 Å². The van der Waals surface area contributed by atoms with Gasteiger partial charge in [-0.15, -0.1) is 0 Å². The van der Waals surface area contributed by atoms with Gasteiger partial charge in [-0.2, -0.15) is 0 Å². The lowest BCUT2D eigenvalue weighted by Crippen LogP contribution is -2.05. The average molecular weight is 356 g/mol. The molecule has 0 saturated heterocycles. The lowest BCUT2D eigenvalue weighted by Gasteiger charge is -2.13. The van der Waals surface area contributed by atoms with Crippen LogP contribution in [0, 0.1) is 0 Å². The van der Waals surface area contributed by atoms with E-state index < -0.39 is 11.3 Å². The molecule has 0 fully saturated rings. The minimum Gasteiger partial charge on any atom is -0.298 e. The molecule has 1 unspecified atom stereocenters. The Balaban J connectivity index is 3.21. The maximum atomic E-state index is 12.5. The van der Waals surface area contributed by atoms with Crippen LogP contribution >= 0.6 is 31.9 Å². The maximum absolute atomic E-state index is 12.5. The second kappa shape index (κ2) is 5.87. The van der Waals surface area contributed by atoms with Crippen LogP contribution in [0.2, 0.25) is 0 Å². The summed E-state index contributed by atoms with van der Waals surface area (Å²) in [5.74, 6) is -0.103. The molecular weight excluding hydrogens is 346 g/mol. The Morgan fingerprint density at radius 2 is 2.06 bits per heavy atom. The van der Waals surface area contributed by atoms with Crippen LogP contribution in [0.4, 0.5) is 8.78 Å². The van der Waals surface area contributed by atoms with Crippen LogP contribution in [0.15, 0.2) is 18.2 Å². The van der Waals surface area contributed by atoms with Crippen LogP contribution in [0.5, 0.6) is 0 Å². The van der Waals surface area contributed by atoms with Gasteiger partial charge in [0.1, 0.15) is 5.78 Å². The minimum atomic E-state index is -2.52. The summed E-state index contributed by atoms with van der Waals surface area (Å²) in [7, 11) is 0. The zero-order valence-electron chi connectivity index (χ0n) is 8.51. The molecule has 0 N–H and O–H groups in total. The van der Waals surface area contributed by atoms with Crippen molar-refractivity contribution in [1.82, 2.24) is 0 Å². The molecule has 0 aromatic heterocycles. The average Bonchev–Trinajstić information content (AvgIpc) is 2.26. The summed E-state index contributed by atoms with van der Waals surface area (Å²) in [6.07, 6.45) is -2.52. The Labute approximate surface area is 109 Å². The van der Waals surface area contributed by atoms with E-state index in [9.17, 15) is 13.6 Å². The third kappa shape index (κ3) is 3.10. The predicted octanol–water partition coefficient (Wildman–Crippen LogP) is 4.54. The molecule has 0 aliphatic carbocycles. The minimum absolute atomic E-state index is 0.0644. The Morgan fingerprint density at radius 3 is 2.50 bits per heavy atom. The normalized spacial score (nSPS) is 12.9. The molecule has 5 heteroatoms. The van der Waals surface area contributed by atoms with E-state index in [-0.39, 0.29) is 11.3 Å². The van der Waals surface area contributed by atoms with Crippen molar-refractivity contribution in [1.29, 1.82) is 0 Å². The molecule has 88 valence electrons. The van der Waals surface area contributed by atoms with Crippen molar-refractivity contribution in [3.63, 3.8) is 0 Å². The van der Waals surface area contributed by atoms with Crippen LogP contribution in [0.25, 0.3) is 0 Å². The van der Waals surface area contributed by atoms with Crippen LogP contribution in [-0.2, 0) is 10.1 Å². The van der Waals surface area contributed by atoms with Gasteiger partial charge in [-0.05, 0) is 24.1 Å². The van der Waals surface area contributed by atoms with Crippen LogP contribution in [-0.4, -0.2) is 5.78 Å². The quantitative estimate of drug-likeness (QED) is 0.724. The summed E-state index contributed by atoms with van der Waals surface area (Å²) in [6.45, 7) is 1.42. The van der Waals surface area contributed by atoms with Gasteiger partial charge in [-0.3, -0.25) is 4.79 Å². The van der Waals surface area contributed by atoms with Crippen molar-refractivity contribution in [2.45, 2.75) is 23.5 Å². The van der Waals surface area contributed by atoms with E-state index in [4.69, 9.17) is 0 Å². The first-order chi connectivity index (χ1) is 7.47. The summed E-state index contributed by atoms with van der Waals surface area (Å²) in [4.78, 5) is 10.7. The molecule has 16 heavy (non-hydrogen) atoms. The number of hydrogen-bond acceptors (Lipinski definition) is 1. The smallest absolute Gasteiger partial charge is 0.263 e. The number of rotatable bonds is 4. The van der Waals surface area contributed by atoms with Gasteiger partial charge in [0.15, 0.2) is 0 Å². The second-order valence-corrected chi connectivity index (χ2v) is 4.84. The molecule has 0 bridgehead atoms. The van der Waals surface area contributed by atoms with Gasteiger partial charge in [0.05, 0.1) is 4.83 Å². The molecule has 1 aromatic rings. The van der Waals surface area contributed by atoms with Crippen molar-refractivity contribution in [2.24, 2.45) is 0 Å². The Kier molecular flexibility index (Phi) is 5.05. The topological polar surface area (TPSA) is 17.1 Å². The summed E-state index contributed by atoms with van der Waals surface area (Å²) in [6, 6.07) is 4.37. The molecule has 1 atom stereocenters. The summed E-state index contributed by atoms with van der Waals surface area (Å²) in [5, 5.41) is 0.529. The third-order valence-electron chi connectivity index (χ3n) is 2.20. The van der Waals surface area contributed by atoms with Crippen molar-refractivity contribution < 1.29 is 13.6 Å². The summed E-state index contributed by atoms with van der Waals surface area (Å²) < 4.78 is 25.1. The third-order valence-corrected chi connectivity index (χ3v) is 3.94. The number of carbonyl (C=O) groups is 1. The molecule has 0 aliphatic rings. The molecule has 0 amide bonds. The van der Waals surface area contributed by atoms with E-state index in [1.807, 2.05) is 0 Å². The zero-order valence-corrected chi connectivity index (χ0v) is 11.7. The van der Waals surface area contributed by atoms with E-state index >= 15 is 0 Å². The number of alkyl halides is 4. The van der Waals surface area contributed by atoms with Gasteiger partial charge >= 0.3 is 0 Å². The predicted molar refractivity (Wildman–Crippen MR) is 66.4 cm³/mol. The number of ketones is 1. The highest BCUT2D eigenvalue weighted by atomic mass is 79.9. The maximum Gasteiger partial charge on any atom is 0.263 e. The van der Waals surface area contributed by atoms with E-state index in [0.29, 0.717) is 10.9 Å². The Hall–Kier alpha value is -0.290. The van der Waals surface area contributed by atoms with Crippen molar-refractivity contribution in [3.8, 4) is 0 Å². The van der Waals surface area contributed by atoms with Crippen LogP contribution < -0.4 is 0 Å². The fourth-order valence-corrected chi connectivity index (χ4v) is 2.26. The highest BCUT2D eigenvalue weighted by Crippen LogP contribution is 2.31. The van der Waals surface area contributed by atoms with Crippen molar-refractivity contribution in [3.05, 3.63) is 34.9 Å². The van der Waals surface area contributed by atoms with Gasteiger partial charge in [0.2, 0.25) is 0 Å². The summed E-state index contributed by atoms with van der Waals surface area (Å²) >= 11 is 6.48. The van der Waals surface area contributed by atoms with E-state index in [1.165, 1.54) is 19.1 Å². The summed E-state index contributed by atoms with van der Waals surface area (Å²) in [5.41, 5.74) is 1.37. The van der Waals surface area contributed by atoms with Gasteiger partial charge in [0, 0.05) is 10.9 Å². The number of Topliss-reactive ketones (excluding diaryl/α,β-unsaturated/α-hetero) is 1. The molecule has 0 spiro atoms. The molecule has 1 nitrogen and oxygen atoms in total. The molecule has 1 rings (SSSR count). The molecule has 0 saturated carbocycles. The first-order valence-corrected chi connectivity index (χ1v) is 6.62. The van der Waals surface area contributed by atoms with Gasteiger partial charge in [-0.1, -0.05) is 44.0 Å². The number of carbonyl (C=O) groups excluding carboxylic acids is 1. The number of hydrogen-bond donors (Lipinski definition) is 0. The second-order valence-electron chi connectivity index (χ2n) is 3.37. The SMILES string of the molecule is CC(=O)C(Br)c1cc(C(F)F)ccc1CBr. The van der Waals surface area contributed by atoms with Gasteiger partial charge < -0.3 is 0 Å². The van der Waals surface area contributed by atoms with E-state index in [0.717, 1.165) is 5.56 Å². The molecular formula is C11H10Br2F2O. The van der Waals surface area contributed by atoms with Crippen molar-refractivity contribution >= 4 is 37.6 Å². The first kappa shape index (κ1) is 13.8. The molecule has 0 aliphatic heterocycles. The fraction of sp³-hybridized carbons (Fsp3) is 0.364. The van der Waals surface area contributed by atoms with Gasteiger partial charge in [0.25, 0.3) is 6.43 Å². The number of benzene rings is 1. The number of halogens is 4. The van der Waals surface area contributed by atoms with E-state index in [2.05, 4.69) is 31.9 Å². The highest BCUT2D eigenvalue weighted by Gasteiger charge is 2.18. The lowest BCUT2D eigenvalue weighted by atomic mass is 10.0. The Morgan fingerprint density at radius 1 is 1.44 bits per heavy atom. The largest absolute Gasteiger partial charge is 0.298 e. The fourth-order valence-electron chi connectivity index (χ4n) is 1.33. The lowest BCUT2D eigenvalue weighted by molar-refractivity contribution is -0.116. The van der Waals surface area contributed by atoms with Crippen LogP contribution in [0.1, 0.15) is 34.9 Å². The Bertz CT molecular complexity index is 394. The van der Waals surface area contributed by atoms with Crippen LogP contribution in [0.3, 0.4) is 0 Å². The molecule has 1 aromatic carbocycles. The highest BCUT2D eigenvalue weighted by molar-refractivity contribution is 9.09. The standard InChI is InChI=1S/C11H10Br2F2O/c1-6(16)10(13)9-4-7(11(14)15)2-3-8(9)5-12/h2-4,10-11H,5H2,1H3. The monoisotopic (exact) mass is 354 g/mol. The molecule has 0 radical (unpaired) electrons. The van der Waals surface area contributed by atoms with Gasteiger partial charge in [-0.25, -0.2) is 8.78 Å². The van der Waals surface area contributed by atoms with Crippen molar-refractivity contribution in [2.75, 3.05) is 0 Å².